The lowest BCUT2D eigenvalue weighted by atomic mass is 10.2. The van der Waals surface area contributed by atoms with Crippen molar-refractivity contribution >= 4 is 33.1 Å². The van der Waals surface area contributed by atoms with Gasteiger partial charge in [0.25, 0.3) is 0 Å². The number of benzene rings is 1. The fourth-order valence-electron chi connectivity index (χ4n) is 2.48. The minimum absolute atomic E-state index is 0.198. The maximum atomic E-state index is 13.3. The van der Waals surface area contributed by atoms with E-state index in [1.165, 1.54) is 9.18 Å². The first-order chi connectivity index (χ1) is 11.0. The SMILES string of the molecule is O=S(=O)(c1ccc(F)c(F)c1)N1CCSC(c2cccs2)CC1. The summed E-state index contributed by atoms with van der Waals surface area (Å²) in [7, 11) is -3.80. The van der Waals surface area contributed by atoms with Crippen LogP contribution in [0.2, 0.25) is 0 Å². The minimum atomic E-state index is -3.80. The molecule has 0 N–H and O–H groups in total. The van der Waals surface area contributed by atoms with Crippen molar-refractivity contribution in [1.82, 2.24) is 4.31 Å². The van der Waals surface area contributed by atoms with E-state index in [4.69, 9.17) is 0 Å². The Bertz CT molecular complexity index is 778. The molecule has 3 rings (SSSR count). The maximum absolute atomic E-state index is 13.3. The number of hydrogen-bond donors (Lipinski definition) is 0. The Morgan fingerprint density at radius 3 is 2.65 bits per heavy atom. The summed E-state index contributed by atoms with van der Waals surface area (Å²) in [5, 5.41) is 2.29. The number of hydrogen-bond acceptors (Lipinski definition) is 4. The van der Waals surface area contributed by atoms with Crippen LogP contribution in [-0.4, -0.2) is 31.6 Å². The van der Waals surface area contributed by atoms with Crippen molar-refractivity contribution in [3.8, 4) is 0 Å². The minimum Gasteiger partial charge on any atom is -0.207 e. The van der Waals surface area contributed by atoms with Crippen LogP contribution in [-0.2, 0) is 10.0 Å². The van der Waals surface area contributed by atoms with Crippen molar-refractivity contribution in [2.24, 2.45) is 0 Å². The molecule has 1 aliphatic heterocycles. The lowest BCUT2D eigenvalue weighted by Crippen LogP contribution is -2.33. The molecule has 0 bridgehead atoms. The van der Waals surface area contributed by atoms with Gasteiger partial charge in [-0.1, -0.05) is 6.07 Å². The highest BCUT2D eigenvalue weighted by atomic mass is 32.2. The Morgan fingerprint density at radius 1 is 1.13 bits per heavy atom. The monoisotopic (exact) mass is 375 g/mol. The van der Waals surface area contributed by atoms with Gasteiger partial charge >= 0.3 is 0 Å². The van der Waals surface area contributed by atoms with Gasteiger partial charge in [-0.05, 0) is 36.1 Å². The summed E-state index contributed by atoms with van der Waals surface area (Å²) in [5.74, 6) is -1.52. The van der Waals surface area contributed by atoms with E-state index >= 15 is 0 Å². The highest BCUT2D eigenvalue weighted by Gasteiger charge is 2.29. The predicted octanol–water partition coefficient (Wildman–Crippen LogP) is 3.90. The van der Waals surface area contributed by atoms with Crippen LogP contribution in [0.25, 0.3) is 0 Å². The van der Waals surface area contributed by atoms with Gasteiger partial charge in [0.2, 0.25) is 10.0 Å². The first-order valence-electron chi connectivity index (χ1n) is 7.08. The van der Waals surface area contributed by atoms with Gasteiger partial charge in [-0.15, -0.1) is 11.3 Å². The van der Waals surface area contributed by atoms with E-state index in [0.717, 1.165) is 18.2 Å². The zero-order valence-corrected chi connectivity index (χ0v) is 14.6. The smallest absolute Gasteiger partial charge is 0.207 e. The van der Waals surface area contributed by atoms with Gasteiger partial charge in [0.15, 0.2) is 11.6 Å². The van der Waals surface area contributed by atoms with Gasteiger partial charge in [-0.2, -0.15) is 16.1 Å². The molecular formula is C15H15F2NO2S3. The van der Waals surface area contributed by atoms with Crippen LogP contribution in [0.4, 0.5) is 8.78 Å². The lowest BCUT2D eigenvalue weighted by Gasteiger charge is -2.20. The third-order valence-corrected chi connectivity index (χ3v) is 8.03. The number of sulfonamides is 1. The summed E-state index contributed by atoms with van der Waals surface area (Å²) >= 11 is 3.40. The van der Waals surface area contributed by atoms with Crippen molar-refractivity contribution < 1.29 is 17.2 Å². The largest absolute Gasteiger partial charge is 0.243 e. The standard InChI is InChI=1S/C15H15F2NO2S3/c16-12-4-3-11(10-13(12)17)23(19,20)18-6-5-15(22-9-7-18)14-2-1-8-21-14/h1-4,8,10,15H,5-7,9H2. The fourth-order valence-corrected chi connectivity index (χ4v) is 6.30. The topological polar surface area (TPSA) is 37.4 Å². The summed E-state index contributed by atoms with van der Waals surface area (Å²) < 4.78 is 53.0. The van der Waals surface area contributed by atoms with Gasteiger partial charge in [0.1, 0.15) is 0 Å². The molecule has 1 aliphatic rings. The van der Waals surface area contributed by atoms with Gasteiger partial charge in [-0.3, -0.25) is 0 Å². The van der Waals surface area contributed by atoms with Crippen LogP contribution in [0.15, 0.2) is 40.6 Å². The average molecular weight is 375 g/mol. The second-order valence-corrected chi connectivity index (χ2v) is 9.37. The third-order valence-electron chi connectivity index (χ3n) is 3.69. The molecule has 2 aromatic rings. The summed E-state index contributed by atoms with van der Waals surface area (Å²) in [6.45, 7) is 0.741. The maximum Gasteiger partial charge on any atom is 0.243 e. The Kier molecular flexibility index (Phi) is 5.05. The Labute approximate surface area is 142 Å². The molecule has 0 saturated carbocycles. The van der Waals surface area contributed by atoms with Crippen molar-refractivity contribution in [3.63, 3.8) is 0 Å². The van der Waals surface area contributed by atoms with Crippen LogP contribution < -0.4 is 0 Å². The van der Waals surface area contributed by atoms with Crippen LogP contribution in [0.3, 0.4) is 0 Å². The van der Waals surface area contributed by atoms with E-state index in [1.807, 2.05) is 11.4 Å². The molecule has 1 saturated heterocycles. The molecule has 1 atom stereocenters. The molecule has 1 aromatic carbocycles. The molecule has 3 nitrogen and oxygen atoms in total. The molecule has 2 heterocycles. The van der Waals surface area contributed by atoms with Crippen molar-refractivity contribution in [1.29, 1.82) is 0 Å². The fraction of sp³-hybridized carbons (Fsp3) is 0.333. The van der Waals surface area contributed by atoms with Crippen LogP contribution >= 0.6 is 23.1 Å². The lowest BCUT2D eigenvalue weighted by molar-refractivity contribution is 0.427. The van der Waals surface area contributed by atoms with Crippen LogP contribution in [0.1, 0.15) is 16.5 Å². The summed E-state index contributed by atoms with van der Waals surface area (Å²) in [4.78, 5) is 1.04. The molecule has 0 aliphatic carbocycles. The van der Waals surface area contributed by atoms with E-state index in [-0.39, 0.29) is 10.1 Å². The van der Waals surface area contributed by atoms with E-state index in [0.29, 0.717) is 25.3 Å². The summed E-state index contributed by atoms with van der Waals surface area (Å²) in [6, 6.07) is 6.76. The van der Waals surface area contributed by atoms with E-state index in [1.54, 1.807) is 23.1 Å². The normalized spacial score (nSPS) is 20.3. The molecule has 1 fully saturated rings. The second kappa shape index (κ2) is 6.88. The number of halogens is 2. The van der Waals surface area contributed by atoms with E-state index in [2.05, 4.69) is 6.07 Å². The number of nitrogens with zero attached hydrogens (tertiary/aromatic N) is 1. The van der Waals surface area contributed by atoms with Crippen LogP contribution in [0.5, 0.6) is 0 Å². The van der Waals surface area contributed by atoms with Gasteiger partial charge in [0, 0.05) is 29.0 Å². The molecule has 0 amide bonds. The molecule has 1 aromatic heterocycles. The molecule has 23 heavy (non-hydrogen) atoms. The van der Waals surface area contributed by atoms with Gasteiger partial charge in [-0.25, -0.2) is 17.2 Å². The number of thiophene rings is 1. The van der Waals surface area contributed by atoms with Gasteiger partial charge < -0.3 is 0 Å². The van der Waals surface area contributed by atoms with Crippen molar-refractivity contribution in [2.45, 2.75) is 16.6 Å². The number of rotatable bonds is 3. The van der Waals surface area contributed by atoms with E-state index < -0.39 is 21.7 Å². The first kappa shape index (κ1) is 16.9. The molecular weight excluding hydrogens is 360 g/mol. The van der Waals surface area contributed by atoms with Crippen molar-refractivity contribution in [2.75, 3.05) is 18.8 Å². The second-order valence-electron chi connectivity index (χ2n) is 5.14. The Balaban J connectivity index is 1.79. The Morgan fingerprint density at radius 2 is 1.96 bits per heavy atom. The first-order valence-corrected chi connectivity index (χ1v) is 10.5. The molecule has 0 spiro atoms. The molecule has 124 valence electrons. The zero-order chi connectivity index (χ0) is 16.4. The van der Waals surface area contributed by atoms with Crippen molar-refractivity contribution in [3.05, 3.63) is 52.2 Å². The van der Waals surface area contributed by atoms with Crippen LogP contribution in [0, 0.1) is 11.6 Å². The zero-order valence-electron chi connectivity index (χ0n) is 12.1. The third kappa shape index (κ3) is 3.60. The Hall–Kier alpha value is -0.960. The highest BCUT2D eigenvalue weighted by Crippen LogP contribution is 2.37. The molecule has 8 heteroatoms. The number of thioether (sulfide) groups is 1. The highest BCUT2D eigenvalue weighted by molar-refractivity contribution is 7.99. The molecule has 0 radical (unpaired) electrons. The summed E-state index contributed by atoms with van der Waals surface area (Å²) in [6.07, 6.45) is 0.702. The molecule has 1 unspecified atom stereocenters. The average Bonchev–Trinajstić information content (AvgIpc) is 2.94. The van der Waals surface area contributed by atoms with E-state index in [9.17, 15) is 17.2 Å². The van der Waals surface area contributed by atoms with Gasteiger partial charge in [0.05, 0.1) is 4.90 Å². The predicted molar refractivity (Wildman–Crippen MR) is 89.3 cm³/mol. The quantitative estimate of drug-likeness (QED) is 0.817. The summed E-state index contributed by atoms with van der Waals surface area (Å²) in [5.41, 5.74) is 0.